The van der Waals surface area contributed by atoms with Crippen LogP contribution in [0.15, 0.2) is 36.5 Å². The first-order valence-electron chi connectivity index (χ1n) is 24.1. The number of hydrogen-bond donors (Lipinski definition) is 4. The van der Waals surface area contributed by atoms with Gasteiger partial charge >= 0.3 is 11.9 Å². The fourth-order valence-electron chi connectivity index (χ4n) is 7.16. The average molecular weight is 837 g/mol. The van der Waals surface area contributed by atoms with Gasteiger partial charge in [-0.15, -0.1) is 0 Å². The van der Waals surface area contributed by atoms with Gasteiger partial charge in [-0.25, -0.2) is 0 Å². The van der Waals surface area contributed by atoms with Crippen LogP contribution in [0.2, 0.25) is 0 Å². The van der Waals surface area contributed by atoms with Crippen LogP contribution in [-0.4, -0.2) is 89.0 Å². The molecule has 1 fully saturated rings. The second-order valence-electron chi connectivity index (χ2n) is 16.6. The predicted molar refractivity (Wildman–Crippen MR) is 238 cm³/mol. The maximum atomic E-state index is 12.8. The molecule has 2 unspecified atom stereocenters. The zero-order valence-corrected chi connectivity index (χ0v) is 37.5. The summed E-state index contributed by atoms with van der Waals surface area (Å²) in [5.74, 6) is -0.860. The molecule has 0 saturated carbocycles. The lowest BCUT2D eigenvalue weighted by Gasteiger charge is -2.39. The number of carbonyl (C=O) groups is 2. The van der Waals surface area contributed by atoms with E-state index in [1.807, 2.05) is 0 Å². The van der Waals surface area contributed by atoms with Gasteiger partial charge in [0.2, 0.25) is 0 Å². The molecule has 10 heteroatoms. The van der Waals surface area contributed by atoms with Gasteiger partial charge < -0.3 is 39.4 Å². The van der Waals surface area contributed by atoms with E-state index in [0.717, 1.165) is 44.9 Å². The second-order valence-corrected chi connectivity index (χ2v) is 16.6. The van der Waals surface area contributed by atoms with E-state index in [0.29, 0.717) is 12.8 Å². The first kappa shape index (κ1) is 54.9. The molecule has 1 aliphatic heterocycles. The quantitative estimate of drug-likeness (QED) is 0.0267. The molecule has 0 bridgehead atoms. The summed E-state index contributed by atoms with van der Waals surface area (Å²) in [6, 6.07) is 0. The number of aliphatic hydroxyl groups is 4. The molecule has 1 heterocycles. The molecule has 0 aromatic carbocycles. The Hall–Kier alpha value is -2.08. The van der Waals surface area contributed by atoms with Crippen LogP contribution in [0.4, 0.5) is 0 Å². The smallest absolute Gasteiger partial charge is 0.306 e. The third-order valence-electron chi connectivity index (χ3n) is 11.0. The van der Waals surface area contributed by atoms with Crippen molar-refractivity contribution in [2.45, 2.75) is 243 Å². The van der Waals surface area contributed by atoms with Gasteiger partial charge in [0.05, 0.1) is 13.2 Å². The topological polar surface area (TPSA) is 152 Å². The number of aliphatic hydroxyl groups excluding tert-OH is 4. The summed E-state index contributed by atoms with van der Waals surface area (Å²) in [5, 5.41) is 40.1. The van der Waals surface area contributed by atoms with Gasteiger partial charge in [0, 0.05) is 12.8 Å². The summed E-state index contributed by atoms with van der Waals surface area (Å²) >= 11 is 0. The highest BCUT2D eigenvalue weighted by atomic mass is 16.7. The SMILES string of the molecule is CCCCCCCC/C=C/CCCCCCCCCC(=O)O[C@@H](COC(=O)CCC/C=C/C/C=C/CCCCCCCCCCC)CO[C@H]1O[C@@H](CO)[C@@H](O)C(O)C1O. The summed E-state index contributed by atoms with van der Waals surface area (Å²) in [6.07, 6.45) is 38.7. The largest absolute Gasteiger partial charge is 0.462 e. The molecule has 4 N–H and O–H groups in total. The first-order valence-corrected chi connectivity index (χ1v) is 24.1. The lowest BCUT2D eigenvalue weighted by Crippen LogP contribution is -2.59. The van der Waals surface area contributed by atoms with E-state index in [-0.39, 0.29) is 26.1 Å². The zero-order valence-electron chi connectivity index (χ0n) is 37.5. The van der Waals surface area contributed by atoms with E-state index in [1.54, 1.807) is 0 Å². The van der Waals surface area contributed by atoms with Crippen molar-refractivity contribution in [3.8, 4) is 0 Å². The fourth-order valence-corrected chi connectivity index (χ4v) is 7.16. The van der Waals surface area contributed by atoms with Gasteiger partial charge in [0.15, 0.2) is 12.4 Å². The van der Waals surface area contributed by atoms with Crippen LogP contribution in [0, 0.1) is 0 Å². The average Bonchev–Trinajstić information content (AvgIpc) is 3.23. The number of allylic oxidation sites excluding steroid dienone is 6. The van der Waals surface area contributed by atoms with Crippen molar-refractivity contribution in [2.24, 2.45) is 0 Å². The van der Waals surface area contributed by atoms with Gasteiger partial charge in [0.25, 0.3) is 0 Å². The van der Waals surface area contributed by atoms with E-state index in [4.69, 9.17) is 18.9 Å². The Morgan fingerprint density at radius 3 is 1.47 bits per heavy atom. The molecule has 10 nitrogen and oxygen atoms in total. The Labute approximate surface area is 359 Å². The van der Waals surface area contributed by atoms with Crippen molar-refractivity contribution in [2.75, 3.05) is 19.8 Å². The number of ether oxygens (including phenoxy) is 4. The number of carbonyl (C=O) groups excluding carboxylic acids is 2. The van der Waals surface area contributed by atoms with Crippen LogP contribution >= 0.6 is 0 Å². The van der Waals surface area contributed by atoms with Gasteiger partial charge in [-0.3, -0.25) is 9.59 Å². The Morgan fingerprint density at radius 1 is 0.525 bits per heavy atom. The van der Waals surface area contributed by atoms with E-state index < -0.39 is 55.4 Å². The lowest BCUT2D eigenvalue weighted by atomic mass is 9.99. The molecule has 1 saturated heterocycles. The minimum atomic E-state index is -1.60. The standard InChI is InChI=1S/C49H88O10/c1-3-5-7-9-11-13-15-17-19-21-23-25-27-29-31-33-35-37-44(51)56-40-42(41-57-49-48(55)47(54)46(53)43(39-50)59-49)58-45(52)38-36-34-32-30-28-26-24-22-20-18-16-14-12-10-8-6-4-2/h18,20,23,25,29,31,42-43,46-50,53-55H,3-17,19,21-22,24,26-28,30,32-41H2,1-2H3/b20-18+,25-23+,31-29+/t42-,43-,46+,47?,48?,49-/m0/s1. The zero-order chi connectivity index (χ0) is 43.0. The van der Waals surface area contributed by atoms with Gasteiger partial charge in [-0.2, -0.15) is 0 Å². The molecule has 6 atom stereocenters. The molecule has 0 radical (unpaired) electrons. The molecule has 0 spiro atoms. The van der Waals surface area contributed by atoms with E-state index in [9.17, 15) is 30.0 Å². The highest BCUT2D eigenvalue weighted by molar-refractivity contribution is 5.70. The summed E-state index contributed by atoms with van der Waals surface area (Å²) < 4.78 is 22.1. The van der Waals surface area contributed by atoms with E-state index in [2.05, 4.69) is 50.3 Å². The van der Waals surface area contributed by atoms with Crippen LogP contribution in [0.1, 0.15) is 206 Å². The van der Waals surface area contributed by atoms with Crippen molar-refractivity contribution in [3.63, 3.8) is 0 Å². The van der Waals surface area contributed by atoms with Crippen LogP contribution in [0.3, 0.4) is 0 Å². The summed E-state index contributed by atoms with van der Waals surface area (Å²) in [6.45, 7) is 3.39. The summed E-state index contributed by atoms with van der Waals surface area (Å²) in [4.78, 5) is 25.4. The van der Waals surface area contributed by atoms with Crippen molar-refractivity contribution in [1.82, 2.24) is 0 Å². The minimum Gasteiger partial charge on any atom is -0.462 e. The van der Waals surface area contributed by atoms with Crippen LogP contribution in [-0.2, 0) is 28.5 Å². The molecule has 0 aliphatic carbocycles. The van der Waals surface area contributed by atoms with Crippen molar-refractivity contribution in [3.05, 3.63) is 36.5 Å². The number of unbranched alkanes of at least 4 members (excludes halogenated alkanes) is 23. The van der Waals surface area contributed by atoms with Gasteiger partial charge in [0.1, 0.15) is 31.0 Å². The fraction of sp³-hybridized carbons (Fsp3) is 0.837. The van der Waals surface area contributed by atoms with Crippen molar-refractivity contribution < 1.29 is 49.0 Å². The predicted octanol–water partition coefficient (Wildman–Crippen LogP) is 10.7. The number of rotatable bonds is 40. The van der Waals surface area contributed by atoms with Crippen LogP contribution in [0.25, 0.3) is 0 Å². The Balaban J connectivity index is 2.33. The molecule has 0 aromatic rings. The molecule has 59 heavy (non-hydrogen) atoms. The number of hydrogen-bond acceptors (Lipinski definition) is 10. The van der Waals surface area contributed by atoms with Crippen molar-refractivity contribution in [1.29, 1.82) is 0 Å². The Bertz CT molecular complexity index is 1060. The summed E-state index contributed by atoms with van der Waals surface area (Å²) in [5.41, 5.74) is 0. The molecule has 344 valence electrons. The van der Waals surface area contributed by atoms with Gasteiger partial charge in [-0.05, 0) is 64.2 Å². The van der Waals surface area contributed by atoms with Crippen LogP contribution in [0.5, 0.6) is 0 Å². The Kier molecular flexibility index (Phi) is 37.3. The molecule has 0 amide bonds. The van der Waals surface area contributed by atoms with E-state index in [1.165, 1.54) is 122 Å². The maximum absolute atomic E-state index is 12.8. The van der Waals surface area contributed by atoms with E-state index >= 15 is 0 Å². The third kappa shape index (κ3) is 31.4. The normalized spacial score (nSPS) is 20.3. The first-order chi connectivity index (χ1) is 28.8. The molecular formula is C49H88O10. The van der Waals surface area contributed by atoms with Crippen molar-refractivity contribution >= 4 is 11.9 Å². The van der Waals surface area contributed by atoms with Crippen LogP contribution < -0.4 is 0 Å². The second kappa shape index (κ2) is 40.0. The highest BCUT2D eigenvalue weighted by Gasteiger charge is 2.44. The monoisotopic (exact) mass is 837 g/mol. The molecule has 1 rings (SSSR count). The molecule has 1 aliphatic rings. The van der Waals surface area contributed by atoms with Gasteiger partial charge in [-0.1, -0.05) is 166 Å². The molecule has 0 aromatic heterocycles. The highest BCUT2D eigenvalue weighted by Crippen LogP contribution is 2.23. The lowest BCUT2D eigenvalue weighted by molar-refractivity contribution is -0.305. The molecular weight excluding hydrogens is 749 g/mol. The maximum Gasteiger partial charge on any atom is 0.306 e. The number of esters is 2. The third-order valence-corrected chi connectivity index (χ3v) is 11.0. The minimum absolute atomic E-state index is 0.211. The summed E-state index contributed by atoms with van der Waals surface area (Å²) in [7, 11) is 0. The Morgan fingerprint density at radius 2 is 0.966 bits per heavy atom.